The van der Waals surface area contributed by atoms with Crippen LogP contribution in [0.25, 0.3) is 0 Å². The van der Waals surface area contributed by atoms with Gasteiger partial charge in [-0.15, -0.1) is 0 Å². The minimum absolute atomic E-state index is 0.0517. The van der Waals surface area contributed by atoms with E-state index in [2.05, 4.69) is 0 Å². The Labute approximate surface area is 66.0 Å². The molecule has 0 radical (unpaired) electrons. The molecule has 11 heavy (non-hydrogen) atoms. The zero-order chi connectivity index (χ0) is 8.69. The van der Waals surface area contributed by atoms with Crippen molar-refractivity contribution in [1.82, 2.24) is 0 Å². The molecule has 0 aromatic heterocycles. The summed E-state index contributed by atoms with van der Waals surface area (Å²) in [5, 5.41) is 16.9. The fourth-order valence-corrected chi connectivity index (χ4v) is 0.826. The quantitative estimate of drug-likeness (QED) is 0.504. The van der Waals surface area contributed by atoms with Gasteiger partial charge < -0.3 is 15.9 Å². The molecule has 0 saturated carbocycles. The number of aliphatic hydroxyl groups is 1. The summed E-state index contributed by atoms with van der Waals surface area (Å²) in [6, 6.07) is 0. The van der Waals surface area contributed by atoms with E-state index in [1.807, 2.05) is 0 Å². The van der Waals surface area contributed by atoms with Crippen molar-refractivity contribution in [1.29, 1.82) is 0 Å². The summed E-state index contributed by atoms with van der Waals surface area (Å²) in [6.07, 6.45) is 1.45. The molecule has 0 rings (SSSR count). The minimum atomic E-state index is -0.793. The molecule has 0 amide bonds. The molecule has 66 valence electrons. The third-order valence-corrected chi connectivity index (χ3v) is 1.59. The molecular weight excluding hydrogens is 146 g/mol. The molecule has 1 unspecified atom stereocenters. The molecule has 0 fully saturated rings. The van der Waals surface area contributed by atoms with Crippen LogP contribution in [0, 0.1) is 5.92 Å². The molecule has 4 heteroatoms. The Morgan fingerprint density at radius 3 is 2.55 bits per heavy atom. The van der Waals surface area contributed by atoms with Crippen molar-refractivity contribution in [3.63, 3.8) is 0 Å². The van der Waals surface area contributed by atoms with Gasteiger partial charge in [-0.25, -0.2) is 0 Å². The van der Waals surface area contributed by atoms with E-state index in [1.165, 1.54) is 0 Å². The number of carboxylic acids is 1. The maximum absolute atomic E-state index is 10.1. The number of aliphatic hydroxyl groups excluding tert-OH is 1. The van der Waals surface area contributed by atoms with E-state index in [0.29, 0.717) is 19.4 Å². The number of rotatable bonds is 6. The van der Waals surface area contributed by atoms with Crippen LogP contribution in [0.3, 0.4) is 0 Å². The number of hydrogen-bond acceptors (Lipinski definition) is 3. The highest BCUT2D eigenvalue weighted by Gasteiger charge is 2.05. The van der Waals surface area contributed by atoms with Gasteiger partial charge in [-0.2, -0.15) is 0 Å². The monoisotopic (exact) mass is 161 g/mol. The van der Waals surface area contributed by atoms with Crippen LogP contribution < -0.4 is 5.73 Å². The molecule has 0 spiro atoms. The lowest BCUT2D eigenvalue weighted by Crippen LogP contribution is -2.18. The highest BCUT2D eigenvalue weighted by Crippen LogP contribution is 2.05. The Bertz CT molecular complexity index is 112. The largest absolute Gasteiger partial charge is 0.481 e. The lowest BCUT2D eigenvalue weighted by molar-refractivity contribution is -0.137. The van der Waals surface area contributed by atoms with Gasteiger partial charge in [0, 0.05) is 13.0 Å². The maximum Gasteiger partial charge on any atom is 0.303 e. The second-order valence-corrected chi connectivity index (χ2v) is 2.57. The van der Waals surface area contributed by atoms with E-state index < -0.39 is 5.97 Å². The molecule has 0 aromatic rings. The second kappa shape index (κ2) is 6.12. The molecule has 0 aliphatic heterocycles. The van der Waals surface area contributed by atoms with Crippen LogP contribution in [0.15, 0.2) is 0 Å². The molecule has 4 N–H and O–H groups in total. The highest BCUT2D eigenvalue weighted by molar-refractivity contribution is 5.66. The molecule has 0 heterocycles. The molecule has 0 aliphatic rings. The van der Waals surface area contributed by atoms with E-state index in [4.69, 9.17) is 15.9 Å². The molecule has 1 atom stereocenters. The van der Waals surface area contributed by atoms with Crippen LogP contribution in [0.1, 0.15) is 19.3 Å². The van der Waals surface area contributed by atoms with Gasteiger partial charge in [-0.3, -0.25) is 4.79 Å². The van der Waals surface area contributed by atoms with Crippen molar-refractivity contribution >= 4 is 5.97 Å². The molecule has 0 aliphatic carbocycles. The summed E-state index contributed by atoms with van der Waals surface area (Å²) < 4.78 is 0. The summed E-state index contributed by atoms with van der Waals surface area (Å²) >= 11 is 0. The van der Waals surface area contributed by atoms with Crippen LogP contribution in [-0.2, 0) is 4.79 Å². The van der Waals surface area contributed by atoms with Gasteiger partial charge in [-0.05, 0) is 25.3 Å². The van der Waals surface area contributed by atoms with Crippen molar-refractivity contribution in [3.8, 4) is 0 Å². The summed E-state index contributed by atoms with van der Waals surface area (Å²) in [7, 11) is 0. The molecule has 0 bridgehead atoms. The van der Waals surface area contributed by atoms with Gasteiger partial charge in [0.05, 0.1) is 0 Å². The predicted molar refractivity (Wildman–Crippen MR) is 41.1 cm³/mol. The smallest absolute Gasteiger partial charge is 0.303 e. The minimum Gasteiger partial charge on any atom is -0.481 e. The standard InChI is InChI=1S/C7H15NO3/c8-4-6(5-9)2-1-3-7(10)11/h6,9H,1-5,8H2,(H,10,11). The van der Waals surface area contributed by atoms with Crippen molar-refractivity contribution in [2.24, 2.45) is 11.7 Å². The summed E-state index contributed by atoms with van der Waals surface area (Å²) in [6.45, 7) is 0.478. The van der Waals surface area contributed by atoms with Crippen LogP contribution in [0.5, 0.6) is 0 Å². The van der Waals surface area contributed by atoms with Crippen molar-refractivity contribution in [2.75, 3.05) is 13.2 Å². The number of hydrogen-bond donors (Lipinski definition) is 3. The van der Waals surface area contributed by atoms with Gasteiger partial charge in [0.15, 0.2) is 0 Å². The van der Waals surface area contributed by atoms with Crippen molar-refractivity contribution in [2.45, 2.75) is 19.3 Å². The van der Waals surface area contributed by atoms with E-state index >= 15 is 0 Å². The first kappa shape index (κ1) is 10.4. The van der Waals surface area contributed by atoms with Gasteiger partial charge in [0.25, 0.3) is 0 Å². The number of carboxylic acid groups (broad SMARTS) is 1. The first-order chi connectivity index (χ1) is 5.20. The second-order valence-electron chi connectivity index (χ2n) is 2.57. The third-order valence-electron chi connectivity index (χ3n) is 1.59. The normalized spacial score (nSPS) is 12.9. The Hall–Kier alpha value is -0.610. The Balaban J connectivity index is 3.28. The van der Waals surface area contributed by atoms with E-state index in [-0.39, 0.29) is 18.9 Å². The fraction of sp³-hybridized carbons (Fsp3) is 0.857. The lowest BCUT2D eigenvalue weighted by Gasteiger charge is -2.08. The molecule has 0 saturated heterocycles. The third kappa shape index (κ3) is 5.82. The first-order valence-corrected chi connectivity index (χ1v) is 3.73. The average Bonchev–Trinajstić information content (AvgIpc) is 1.98. The number of carbonyl (C=O) groups is 1. The van der Waals surface area contributed by atoms with Gasteiger partial charge in [0.2, 0.25) is 0 Å². The van der Waals surface area contributed by atoms with Gasteiger partial charge in [0.1, 0.15) is 0 Å². The van der Waals surface area contributed by atoms with Crippen molar-refractivity contribution in [3.05, 3.63) is 0 Å². The van der Waals surface area contributed by atoms with Crippen LogP contribution >= 0.6 is 0 Å². The average molecular weight is 161 g/mol. The van der Waals surface area contributed by atoms with Crippen molar-refractivity contribution < 1.29 is 15.0 Å². The van der Waals surface area contributed by atoms with Crippen LogP contribution in [0.4, 0.5) is 0 Å². The number of aliphatic carboxylic acids is 1. The topological polar surface area (TPSA) is 83.5 Å². The SMILES string of the molecule is NCC(CO)CCCC(=O)O. The molecule has 0 aromatic carbocycles. The fourth-order valence-electron chi connectivity index (χ4n) is 0.826. The number of nitrogens with two attached hydrogens (primary N) is 1. The Kier molecular flexibility index (Phi) is 5.78. The van der Waals surface area contributed by atoms with E-state index in [1.54, 1.807) is 0 Å². The first-order valence-electron chi connectivity index (χ1n) is 3.73. The van der Waals surface area contributed by atoms with Crippen LogP contribution in [0.2, 0.25) is 0 Å². The highest BCUT2D eigenvalue weighted by atomic mass is 16.4. The van der Waals surface area contributed by atoms with Gasteiger partial charge >= 0.3 is 5.97 Å². The lowest BCUT2D eigenvalue weighted by atomic mass is 10.0. The summed E-state index contributed by atoms with van der Waals surface area (Å²) in [5.41, 5.74) is 5.29. The maximum atomic E-state index is 10.1. The Morgan fingerprint density at radius 1 is 1.55 bits per heavy atom. The molecular formula is C7H15NO3. The summed E-state index contributed by atoms with van der Waals surface area (Å²) in [4.78, 5) is 10.1. The zero-order valence-corrected chi connectivity index (χ0v) is 6.49. The van der Waals surface area contributed by atoms with Crippen LogP contribution in [-0.4, -0.2) is 29.3 Å². The molecule has 4 nitrogen and oxygen atoms in total. The Morgan fingerprint density at radius 2 is 2.18 bits per heavy atom. The van der Waals surface area contributed by atoms with E-state index in [0.717, 1.165) is 0 Å². The predicted octanol–water partition coefficient (Wildman–Crippen LogP) is -0.192. The van der Waals surface area contributed by atoms with Gasteiger partial charge in [-0.1, -0.05) is 0 Å². The summed E-state index contributed by atoms with van der Waals surface area (Å²) in [5.74, 6) is -0.729. The van der Waals surface area contributed by atoms with E-state index in [9.17, 15) is 4.79 Å². The zero-order valence-electron chi connectivity index (χ0n) is 6.49.